The zero-order chi connectivity index (χ0) is 14.2. The van der Waals surface area contributed by atoms with Gasteiger partial charge in [-0.1, -0.05) is 37.3 Å². The minimum atomic E-state index is 0.112. The van der Waals surface area contributed by atoms with Crippen molar-refractivity contribution in [3.05, 3.63) is 35.9 Å². The summed E-state index contributed by atoms with van der Waals surface area (Å²) in [6, 6.07) is 10.5. The summed E-state index contributed by atoms with van der Waals surface area (Å²) in [5.74, 6) is 0.112. The lowest BCUT2D eigenvalue weighted by molar-refractivity contribution is -0.123. The maximum Gasteiger partial charge on any atom is 0.234 e. The third-order valence-corrected chi connectivity index (χ3v) is 3.87. The van der Waals surface area contributed by atoms with E-state index in [1.165, 1.54) is 12.8 Å². The summed E-state index contributed by atoms with van der Waals surface area (Å²) in [7, 11) is 0. The van der Waals surface area contributed by atoms with Crippen LogP contribution in [0.3, 0.4) is 0 Å². The van der Waals surface area contributed by atoms with Gasteiger partial charge >= 0.3 is 0 Å². The lowest BCUT2D eigenvalue weighted by atomic mass is 10.1. The molecule has 1 amide bonds. The van der Waals surface area contributed by atoms with E-state index in [4.69, 9.17) is 0 Å². The molecule has 1 atom stereocenters. The van der Waals surface area contributed by atoms with E-state index in [1.807, 2.05) is 30.3 Å². The lowest BCUT2D eigenvalue weighted by Crippen LogP contribution is -2.49. The van der Waals surface area contributed by atoms with E-state index in [9.17, 15) is 4.79 Å². The topological polar surface area (TPSA) is 44.4 Å². The molecule has 2 N–H and O–H groups in total. The molecule has 0 radical (unpaired) electrons. The van der Waals surface area contributed by atoms with Gasteiger partial charge in [0.2, 0.25) is 5.91 Å². The van der Waals surface area contributed by atoms with Gasteiger partial charge in [0.25, 0.3) is 0 Å². The van der Waals surface area contributed by atoms with Gasteiger partial charge in [0.1, 0.15) is 0 Å². The highest BCUT2D eigenvalue weighted by atomic mass is 16.2. The zero-order valence-corrected chi connectivity index (χ0v) is 12.3. The maximum atomic E-state index is 12.1. The number of likely N-dealkylation sites (N-methyl/N-ethyl adjacent to an activating group) is 1. The van der Waals surface area contributed by atoms with E-state index in [0.717, 1.165) is 25.2 Å². The van der Waals surface area contributed by atoms with Crippen molar-refractivity contribution in [3.63, 3.8) is 0 Å². The smallest absolute Gasteiger partial charge is 0.234 e. The molecule has 0 saturated carbocycles. The van der Waals surface area contributed by atoms with E-state index in [-0.39, 0.29) is 5.91 Å². The molecule has 1 aromatic rings. The van der Waals surface area contributed by atoms with Gasteiger partial charge in [-0.05, 0) is 31.5 Å². The number of amides is 1. The fourth-order valence-electron chi connectivity index (χ4n) is 2.68. The van der Waals surface area contributed by atoms with Crippen molar-refractivity contribution in [2.24, 2.45) is 0 Å². The molecule has 0 aliphatic carbocycles. The fourth-order valence-corrected chi connectivity index (χ4v) is 2.68. The number of piperidine rings is 1. The third kappa shape index (κ3) is 4.62. The second kappa shape index (κ2) is 8.02. The first-order valence-corrected chi connectivity index (χ1v) is 7.55. The van der Waals surface area contributed by atoms with Crippen LogP contribution >= 0.6 is 0 Å². The molecule has 1 saturated heterocycles. The number of hydrogen-bond acceptors (Lipinski definition) is 3. The Morgan fingerprint density at radius 1 is 1.40 bits per heavy atom. The fraction of sp³-hybridized carbons (Fsp3) is 0.562. The van der Waals surface area contributed by atoms with Crippen LogP contribution in [0.4, 0.5) is 0 Å². The quantitative estimate of drug-likeness (QED) is 0.824. The van der Waals surface area contributed by atoms with E-state index in [0.29, 0.717) is 19.1 Å². The Bertz CT molecular complexity index is 401. The molecule has 0 aromatic heterocycles. The number of hydrogen-bond donors (Lipinski definition) is 2. The number of benzene rings is 1. The summed E-state index contributed by atoms with van der Waals surface area (Å²) in [5, 5.41) is 6.41. The summed E-state index contributed by atoms with van der Waals surface area (Å²) in [6.45, 7) is 6.26. The molecule has 20 heavy (non-hydrogen) atoms. The van der Waals surface area contributed by atoms with Gasteiger partial charge in [0, 0.05) is 19.1 Å². The monoisotopic (exact) mass is 275 g/mol. The molecule has 1 aromatic carbocycles. The van der Waals surface area contributed by atoms with Crippen molar-refractivity contribution >= 4 is 5.91 Å². The van der Waals surface area contributed by atoms with Crippen molar-refractivity contribution in [1.82, 2.24) is 15.5 Å². The van der Waals surface area contributed by atoms with Crippen molar-refractivity contribution in [2.75, 3.05) is 26.2 Å². The van der Waals surface area contributed by atoms with Crippen molar-refractivity contribution in [1.29, 1.82) is 0 Å². The summed E-state index contributed by atoms with van der Waals surface area (Å²) < 4.78 is 0. The summed E-state index contributed by atoms with van der Waals surface area (Å²) in [5.41, 5.74) is 1.14. The largest absolute Gasteiger partial charge is 0.351 e. The number of carbonyl (C=O) groups is 1. The molecule has 4 heteroatoms. The van der Waals surface area contributed by atoms with E-state index < -0.39 is 0 Å². The average molecular weight is 275 g/mol. The average Bonchev–Trinajstić information content (AvgIpc) is 2.52. The van der Waals surface area contributed by atoms with Gasteiger partial charge in [-0.3, -0.25) is 9.69 Å². The Balaban J connectivity index is 1.77. The standard InChI is InChI=1S/C16H25N3O/c1-2-19(15-9-6-10-17-12-15)13-16(20)18-11-14-7-4-3-5-8-14/h3-5,7-8,15,17H,2,6,9-13H2,1H3,(H,18,20). The molecule has 1 unspecified atom stereocenters. The zero-order valence-electron chi connectivity index (χ0n) is 12.3. The Kier molecular flexibility index (Phi) is 6.02. The molecule has 1 aliphatic heterocycles. The second-order valence-corrected chi connectivity index (χ2v) is 5.33. The minimum Gasteiger partial charge on any atom is -0.351 e. The molecule has 1 aliphatic rings. The lowest BCUT2D eigenvalue weighted by Gasteiger charge is -2.33. The third-order valence-electron chi connectivity index (χ3n) is 3.87. The van der Waals surface area contributed by atoms with Gasteiger partial charge in [-0.2, -0.15) is 0 Å². The number of carbonyl (C=O) groups excluding carboxylic acids is 1. The first-order valence-electron chi connectivity index (χ1n) is 7.55. The van der Waals surface area contributed by atoms with E-state index >= 15 is 0 Å². The first-order chi connectivity index (χ1) is 9.79. The Morgan fingerprint density at radius 3 is 2.85 bits per heavy atom. The van der Waals surface area contributed by atoms with Crippen molar-refractivity contribution < 1.29 is 4.79 Å². The van der Waals surface area contributed by atoms with Crippen LogP contribution in [0, 0.1) is 0 Å². The molecule has 0 spiro atoms. The highest BCUT2D eigenvalue weighted by Gasteiger charge is 2.21. The Hall–Kier alpha value is -1.39. The normalized spacial score (nSPS) is 19.0. The number of nitrogens with zero attached hydrogens (tertiary/aromatic N) is 1. The van der Waals surface area contributed by atoms with Crippen LogP contribution in [0.2, 0.25) is 0 Å². The van der Waals surface area contributed by atoms with Crippen LogP contribution in [0.25, 0.3) is 0 Å². The highest BCUT2D eigenvalue weighted by Crippen LogP contribution is 2.09. The number of rotatable bonds is 6. The van der Waals surface area contributed by atoms with Gasteiger partial charge in [0.15, 0.2) is 0 Å². The molecule has 4 nitrogen and oxygen atoms in total. The molecule has 1 fully saturated rings. The maximum absolute atomic E-state index is 12.1. The van der Waals surface area contributed by atoms with Gasteiger partial charge in [0.05, 0.1) is 6.54 Å². The van der Waals surface area contributed by atoms with Crippen LogP contribution in [0.5, 0.6) is 0 Å². The first kappa shape index (κ1) is 15.0. The number of nitrogens with one attached hydrogen (secondary N) is 2. The van der Waals surface area contributed by atoms with Gasteiger partial charge in [-0.25, -0.2) is 0 Å². The van der Waals surface area contributed by atoms with Crippen LogP contribution < -0.4 is 10.6 Å². The van der Waals surface area contributed by atoms with Crippen LogP contribution in [0.15, 0.2) is 30.3 Å². The predicted molar refractivity (Wildman–Crippen MR) is 81.4 cm³/mol. The molecule has 110 valence electrons. The van der Waals surface area contributed by atoms with E-state index in [2.05, 4.69) is 22.5 Å². The Morgan fingerprint density at radius 2 is 2.20 bits per heavy atom. The Labute approximate surface area is 121 Å². The minimum absolute atomic E-state index is 0.112. The van der Waals surface area contributed by atoms with Crippen LogP contribution in [-0.2, 0) is 11.3 Å². The van der Waals surface area contributed by atoms with Crippen LogP contribution in [-0.4, -0.2) is 43.0 Å². The van der Waals surface area contributed by atoms with Crippen molar-refractivity contribution in [3.8, 4) is 0 Å². The molecule has 0 bridgehead atoms. The van der Waals surface area contributed by atoms with Crippen LogP contribution in [0.1, 0.15) is 25.3 Å². The predicted octanol–water partition coefficient (Wildman–Crippen LogP) is 1.38. The van der Waals surface area contributed by atoms with Gasteiger partial charge < -0.3 is 10.6 Å². The van der Waals surface area contributed by atoms with Gasteiger partial charge in [-0.15, -0.1) is 0 Å². The van der Waals surface area contributed by atoms with Crippen molar-refractivity contribution in [2.45, 2.75) is 32.4 Å². The molecular formula is C16H25N3O. The molecule has 1 heterocycles. The molecular weight excluding hydrogens is 250 g/mol. The molecule has 2 rings (SSSR count). The summed E-state index contributed by atoms with van der Waals surface area (Å²) >= 11 is 0. The summed E-state index contributed by atoms with van der Waals surface area (Å²) in [6.07, 6.45) is 2.39. The van der Waals surface area contributed by atoms with E-state index in [1.54, 1.807) is 0 Å². The SMILES string of the molecule is CCN(CC(=O)NCc1ccccc1)C1CCCNC1. The highest BCUT2D eigenvalue weighted by molar-refractivity contribution is 5.78. The second-order valence-electron chi connectivity index (χ2n) is 5.33. The summed E-state index contributed by atoms with van der Waals surface area (Å²) in [4.78, 5) is 14.3.